The van der Waals surface area contributed by atoms with Gasteiger partial charge >= 0.3 is 0 Å². The Bertz CT molecular complexity index is 830. The van der Waals surface area contributed by atoms with Crippen LogP contribution in [0.4, 0.5) is 11.4 Å². The Kier molecular flexibility index (Phi) is 4.67. The molecule has 2 aromatic carbocycles. The highest BCUT2D eigenvalue weighted by molar-refractivity contribution is 6.02. The monoisotopic (exact) mass is 316 g/mol. The van der Waals surface area contributed by atoms with E-state index in [1.165, 1.54) is 17.7 Å². The maximum atomic E-state index is 12.1. The summed E-state index contributed by atoms with van der Waals surface area (Å²) in [4.78, 5) is 14.3. The number of fused-ring (bicyclic) bond motifs is 1. The van der Waals surface area contributed by atoms with Crippen molar-refractivity contribution in [2.75, 3.05) is 23.8 Å². The molecule has 0 saturated carbocycles. The lowest BCUT2D eigenvalue weighted by atomic mass is 9.99. The highest BCUT2D eigenvalue weighted by Gasteiger charge is 2.13. The van der Waals surface area contributed by atoms with Gasteiger partial charge < -0.3 is 10.2 Å². The SMILES string of the molecule is C#Cc1cccc(NC(=O)/C=C/c2ccc3c(c2)CCCN3C)c1. The first-order valence-corrected chi connectivity index (χ1v) is 8.05. The van der Waals surface area contributed by atoms with E-state index < -0.39 is 0 Å². The van der Waals surface area contributed by atoms with Crippen LogP contribution in [0.25, 0.3) is 6.08 Å². The first-order valence-electron chi connectivity index (χ1n) is 8.05. The average Bonchev–Trinajstić information content (AvgIpc) is 2.60. The number of rotatable bonds is 3. The Morgan fingerprint density at radius 1 is 1.29 bits per heavy atom. The molecule has 120 valence electrons. The number of nitrogens with zero attached hydrogens (tertiary/aromatic N) is 1. The highest BCUT2D eigenvalue weighted by atomic mass is 16.1. The van der Waals surface area contributed by atoms with Crippen molar-refractivity contribution in [2.45, 2.75) is 12.8 Å². The van der Waals surface area contributed by atoms with Crippen molar-refractivity contribution in [3.05, 3.63) is 65.2 Å². The van der Waals surface area contributed by atoms with Crippen molar-refractivity contribution < 1.29 is 4.79 Å². The van der Waals surface area contributed by atoms with Crippen molar-refractivity contribution in [1.29, 1.82) is 0 Å². The number of hydrogen-bond donors (Lipinski definition) is 1. The van der Waals surface area contributed by atoms with Gasteiger partial charge in [-0.2, -0.15) is 0 Å². The van der Waals surface area contributed by atoms with Crippen molar-refractivity contribution in [2.24, 2.45) is 0 Å². The number of aryl methyl sites for hydroxylation is 1. The zero-order valence-electron chi connectivity index (χ0n) is 13.8. The minimum absolute atomic E-state index is 0.168. The molecular weight excluding hydrogens is 296 g/mol. The van der Waals surface area contributed by atoms with Crippen molar-refractivity contribution >= 4 is 23.4 Å². The first-order chi connectivity index (χ1) is 11.7. The summed E-state index contributed by atoms with van der Waals surface area (Å²) >= 11 is 0. The fourth-order valence-electron chi connectivity index (χ4n) is 2.95. The first kappa shape index (κ1) is 15.9. The van der Waals surface area contributed by atoms with Gasteiger partial charge in [0, 0.05) is 36.6 Å². The van der Waals surface area contributed by atoms with Gasteiger partial charge in [0.2, 0.25) is 5.91 Å². The van der Waals surface area contributed by atoms with Crippen LogP contribution in [-0.4, -0.2) is 19.5 Å². The Balaban J connectivity index is 1.69. The maximum Gasteiger partial charge on any atom is 0.248 e. The second-order valence-electron chi connectivity index (χ2n) is 5.96. The minimum atomic E-state index is -0.168. The number of hydrogen-bond acceptors (Lipinski definition) is 2. The van der Waals surface area contributed by atoms with Crippen LogP contribution < -0.4 is 10.2 Å². The molecule has 0 aliphatic carbocycles. The Labute approximate surface area is 143 Å². The molecule has 1 N–H and O–H groups in total. The second-order valence-corrected chi connectivity index (χ2v) is 5.96. The standard InChI is InChI=1S/C21H20N2O/c1-3-16-6-4-8-19(15-16)22-21(24)12-10-17-9-11-20-18(14-17)7-5-13-23(20)2/h1,4,6,8-12,14-15H,5,7,13H2,2H3,(H,22,24)/b12-10+. The van der Waals surface area contributed by atoms with Crippen LogP contribution in [0.1, 0.15) is 23.1 Å². The molecule has 0 spiro atoms. The number of amides is 1. The molecule has 0 unspecified atom stereocenters. The molecule has 1 amide bonds. The Morgan fingerprint density at radius 2 is 2.17 bits per heavy atom. The van der Waals surface area contributed by atoms with Crippen LogP contribution in [0, 0.1) is 12.3 Å². The molecule has 1 aliphatic rings. The fraction of sp³-hybridized carbons (Fsp3) is 0.190. The van der Waals surface area contributed by atoms with E-state index in [0.29, 0.717) is 5.69 Å². The molecule has 0 saturated heterocycles. The largest absolute Gasteiger partial charge is 0.374 e. The lowest BCUT2D eigenvalue weighted by molar-refractivity contribution is -0.111. The van der Waals surface area contributed by atoms with Gasteiger partial charge in [-0.25, -0.2) is 0 Å². The van der Waals surface area contributed by atoms with Crippen LogP contribution in [-0.2, 0) is 11.2 Å². The molecule has 0 fully saturated rings. The van der Waals surface area contributed by atoms with Gasteiger partial charge in [-0.3, -0.25) is 4.79 Å². The molecule has 3 heteroatoms. The van der Waals surface area contributed by atoms with Gasteiger partial charge in [0.15, 0.2) is 0 Å². The topological polar surface area (TPSA) is 32.3 Å². The van der Waals surface area contributed by atoms with Gasteiger partial charge in [0.1, 0.15) is 0 Å². The molecule has 0 atom stereocenters. The number of carbonyl (C=O) groups is 1. The molecule has 24 heavy (non-hydrogen) atoms. The van der Waals surface area contributed by atoms with Crippen LogP contribution in [0.3, 0.4) is 0 Å². The summed E-state index contributed by atoms with van der Waals surface area (Å²) in [5.41, 5.74) is 5.11. The number of terminal acetylenes is 1. The fourth-order valence-corrected chi connectivity index (χ4v) is 2.95. The lowest BCUT2D eigenvalue weighted by Gasteiger charge is -2.27. The van der Waals surface area contributed by atoms with Crippen molar-refractivity contribution in [1.82, 2.24) is 0 Å². The third kappa shape index (κ3) is 3.67. The predicted molar refractivity (Wildman–Crippen MR) is 100 cm³/mol. The van der Waals surface area contributed by atoms with E-state index in [-0.39, 0.29) is 5.91 Å². The van der Waals surface area contributed by atoms with Gasteiger partial charge in [0.25, 0.3) is 0 Å². The van der Waals surface area contributed by atoms with E-state index in [1.54, 1.807) is 12.1 Å². The highest BCUT2D eigenvalue weighted by Crippen LogP contribution is 2.27. The summed E-state index contributed by atoms with van der Waals surface area (Å²) in [5.74, 6) is 2.39. The lowest BCUT2D eigenvalue weighted by Crippen LogP contribution is -2.24. The van der Waals surface area contributed by atoms with Gasteiger partial charge in [-0.15, -0.1) is 6.42 Å². The number of anilines is 2. The number of carbonyl (C=O) groups excluding carboxylic acids is 1. The molecule has 1 heterocycles. The van der Waals surface area contributed by atoms with Gasteiger partial charge in [-0.05, 0) is 60.4 Å². The van der Waals surface area contributed by atoms with Crippen molar-refractivity contribution in [3.63, 3.8) is 0 Å². The third-order valence-electron chi connectivity index (χ3n) is 4.18. The number of nitrogens with one attached hydrogen (secondary N) is 1. The Hall–Kier alpha value is -2.99. The Morgan fingerprint density at radius 3 is 3.00 bits per heavy atom. The van der Waals surface area contributed by atoms with E-state index in [4.69, 9.17) is 6.42 Å². The summed E-state index contributed by atoms with van der Waals surface area (Å²) in [5, 5.41) is 2.83. The predicted octanol–water partition coefficient (Wildman–Crippen LogP) is 3.70. The van der Waals surface area contributed by atoms with Crippen LogP contribution in [0.5, 0.6) is 0 Å². The smallest absolute Gasteiger partial charge is 0.248 e. The molecule has 0 radical (unpaired) electrons. The minimum Gasteiger partial charge on any atom is -0.374 e. The van der Waals surface area contributed by atoms with Gasteiger partial charge in [0.05, 0.1) is 0 Å². The quantitative estimate of drug-likeness (QED) is 0.692. The van der Waals surface area contributed by atoms with Crippen LogP contribution in [0.15, 0.2) is 48.5 Å². The van der Waals surface area contributed by atoms with Crippen LogP contribution in [0.2, 0.25) is 0 Å². The molecule has 0 bridgehead atoms. The summed E-state index contributed by atoms with van der Waals surface area (Å²) in [6.07, 6.45) is 11.0. The summed E-state index contributed by atoms with van der Waals surface area (Å²) in [6, 6.07) is 13.6. The summed E-state index contributed by atoms with van der Waals surface area (Å²) in [6.45, 7) is 1.10. The molecule has 2 aromatic rings. The normalized spacial score (nSPS) is 13.4. The third-order valence-corrected chi connectivity index (χ3v) is 4.18. The maximum absolute atomic E-state index is 12.1. The second kappa shape index (κ2) is 7.06. The van der Waals surface area contributed by atoms with E-state index in [2.05, 4.69) is 35.3 Å². The molecule has 1 aliphatic heterocycles. The molecule has 3 rings (SSSR count). The number of benzene rings is 2. The van der Waals surface area contributed by atoms with Crippen molar-refractivity contribution in [3.8, 4) is 12.3 Å². The molecule has 3 nitrogen and oxygen atoms in total. The van der Waals surface area contributed by atoms with Crippen LogP contribution >= 0.6 is 0 Å². The zero-order chi connectivity index (χ0) is 16.9. The van der Waals surface area contributed by atoms with E-state index in [0.717, 1.165) is 24.1 Å². The van der Waals surface area contributed by atoms with E-state index in [9.17, 15) is 4.79 Å². The summed E-state index contributed by atoms with van der Waals surface area (Å²) < 4.78 is 0. The van der Waals surface area contributed by atoms with E-state index in [1.807, 2.05) is 30.3 Å². The average molecular weight is 316 g/mol. The zero-order valence-corrected chi connectivity index (χ0v) is 13.8. The summed E-state index contributed by atoms with van der Waals surface area (Å²) in [7, 11) is 2.12. The molecular formula is C21H20N2O. The van der Waals surface area contributed by atoms with E-state index >= 15 is 0 Å². The molecule has 0 aromatic heterocycles. The van der Waals surface area contributed by atoms with Gasteiger partial charge in [-0.1, -0.05) is 18.1 Å².